The van der Waals surface area contributed by atoms with E-state index in [0.717, 1.165) is 17.0 Å². The molecule has 0 atom stereocenters. The summed E-state index contributed by atoms with van der Waals surface area (Å²) in [6, 6.07) is 6.34. The molecule has 3 nitrogen and oxygen atoms in total. The van der Waals surface area contributed by atoms with Gasteiger partial charge in [-0.3, -0.25) is 0 Å². The predicted molar refractivity (Wildman–Crippen MR) is 80.7 cm³/mol. The maximum Gasteiger partial charge on any atom is 0.180 e. The molecule has 0 spiro atoms. The van der Waals surface area contributed by atoms with E-state index in [-0.39, 0.29) is 5.41 Å². The van der Waals surface area contributed by atoms with Crippen LogP contribution < -0.4 is 10.5 Å². The molecule has 0 aliphatic rings. The summed E-state index contributed by atoms with van der Waals surface area (Å²) in [5.74, 6) is 0.902. The summed E-state index contributed by atoms with van der Waals surface area (Å²) in [4.78, 5) is 4.18. The van der Waals surface area contributed by atoms with E-state index < -0.39 is 0 Å². The largest absolute Gasteiger partial charge is 0.487 e. The van der Waals surface area contributed by atoms with E-state index in [2.05, 4.69) is 44.8 Å². The van der Waals surface area contributed by atoms with E-state index in [1.54, 1.807) is 0 Å². The molecule has 0 aliphatic heterocycles. The summed E-state index contributed by atoms with van der Waals surface area (Å²) in [6.45, 7) is 9.16. The molecule has 1 heterocycles. The number of aromatic nitrogens is 1. The van der Waals surface area contributed by atoms with Crippen LogP contribution in [0.3, 0.4) is 0 Å². The van der Waals surface area contributed by atoms with Crippen molar-refractivity contribution in [1.82, 2.24) is 4.98 Å². The lowest BCUT2D eigenvalue weighted by atomic mass is 9.86. The maximum atomic E-state index is 5.79. The van der Waals surface area contributed by atoms with Crippen LogP contribution in [0, 0.1) is 6.92 Å². The Bertz CT molecular complexity index is 570. The minimum atomic E-state index is 0.159. The molecule has 0 bridgehead atoms. The number of nitrogens with two attached hydrogens (primary N) is 1. The first-order valence-electron chi connectivity index (χ1n) is 6.30. The number of nitrogen functional groups attached to an aromatic ring is 1. The number of aryl methyl sites for hydroxylation is 1. The zero-order valence-electron chi connectivity index (χ0n) is 11.9. The third kappa shape index (κ3) is 3.47. The number of ether oxygens (including phenoxy) is 1. The van der Waals surface area contributed by atoms with E-state index >= 15 is 0 Å². The zero-order valence-corrected chi connectivity index (χ0v) is 12.7. The van der Waals surface area contributed by atoms with Crippen molar-refractivity contribution >= 4 is 16.5 Å². The molecular weight excluding hydrogens is 256 g/mol. The molecule has 2 aromatic rings. The standard InChI is InChI=1S/C15H20N2OS/c1-10-7-11(15(2,3)4)5-6-13(10)18-8-12-9-19-14(16)17-12/h5-7,9H,8H2,1-4H3,(H2,16,17). The van der Waals surface area contributed by atoms with Crippen molar-refractivity contribution in [2.24, 2.45) is 0 Å². The van der Waals surface area contributed by atoms with Gasteiger partial charge < -0.3 is 10.5 Å². The van der Waals surface area contributed by atoms with Crippen molar-refractivity contribution < 1.29 is 4.74 Å². The number of rotatable bonds is 3. The molecule has 2 rings (SSSR count). The topological polar surface area (TPSA) is 48.1 Å². The molecule has 19 heavy (non-hydrogen) atoms. The second-order valence-corrected chi connectivity index (χ2v) is 6.59. The number of hydrogen-bond acceptors (Lipinski definition) is 4. The van der Waals surface area contributed by atoms with Crippen LogP contribution >= 0.6 is 11.3 Å². The monoisotopic (exact) mass is 276 g/mol. The lowest BCUT2D eigenvalue weighted by molar-refractivity contribution is 0.300. The lowest BCUT2D eigenvalue weighted by Crippen LogP contribution is -2.11. The van der Waals surface area contributed by atoms with Crippen LogP contribution in [0.2, 0.25) is 0 Å². The molecule has 102 valence electrons. The van der Waals surface area contributed by atoms with Crippen LogP contribution in [0.4, 0.5) is 5.13 Å². The minimum Gasteiger partial charge on any atom is -0.487 e. The average molecular weight is 276 g/mol. The van der Waals surface area contributed by atoms with Crippen LogP contribution in [-0.2, 0) is 12.0 Å². The van der Waals surface area contributed by atoms with Crippen molar-refractivity contribution in [2.45, 2.75) is 39.7 Å². The summed E-state index contributed by atoms with van der Waals surface area (Å²) in [7, 11) is 0. The average Bonchev–Trinajstić information content (AvgIpc) is 2.72. The Morgan fingerprint density at radius 2 is 2.05 bits per heavy atom. The zero-order chi connectivity index (χ0) is 14.0. The van der Waals surface area contributed by atoms with Gasteiger partial charge in [0.1, 0.15) is 12.4 Å². The van der Waals surface area contributed by atoms with Crippen molar-refractivity contribution in [3.63, 3.8) is 0 Å². The second-order valence-electron chi connectivity index (χ2n) is 5.70. The number of anilines is 1. The van der Waals surface area contributed by atoms with Gasteiger partial charge >= 0.3 is 0 Å². The fraction of sp³-hybridized carbons (Fsp3) is 0.400. The third-order valence-electron chi connectivity index (χ3n) is 2.99. The van der Waals surface area contributed by atoms with Gasteiger partial charge in [0.05, 0.1) is 5.69 Å². The lowest BCUT2D eigenvalue weighted by Gasteiger charge is -2.20. The molecule has 0 radical (unpaired) electrons. The number of hydrogen-bond donors (Lipinski definition) is 1. The first kappa shape index (κ1) is 13.9. The van der Waals surface area contributed by atoms with Gasteiger partial charge in [0.15, 0.2) is 5.13 Å². The Kier molecular flexibility index (Phi) is 3.80. The summed E-state index contributed by atoms with van der Waals surface area (Å²) >= 11 is 1.44. The molecule has 0 unspecified atom stereocenters. The fourth-order valence-corrected chi connectivity index (χ4v) is 2.37. The molecular formula is C15H20N2OS. The highest BCUT2D eigenvalue weighted by atomic mass is 32.1. The SMILES string of the molecule is Cc1cc(C(C)(C)C)ccc1OCc1csc(N)n1. The Morgan fingerprint density at radius 3 is 2.58 bits per heavy atom. The van der Waals surface area contributed by atoms with Gasteiger partial charge in [-0.1, -0.05) is 32.9 Å². The highest BCUT2D eigenvalue weighted by Gasteiger charge is 2.14. The van der Waals surface area contributed by atoms with E-state index in [4.69, 9.17) is 10.5 Å². The van der Waals surface area contributed by atoms with Gasteiger partial charge in [0.25, 0.3) is 0 Å². The normalized spacial score (nSPS) is 11.6. The van der Waals surface area contributed by atoms with E-state index in [9.17, 15) is 0 Å². The minimum absolute atomic E-state index is 0.159. The predicted octanol–water partition coefficient (Wildman–Crippen LogP) is 3.91. The van der Waals surface area contributed by atoms with E-state index in [1.807, 2.05) is 11.4 Å². The Balaban J connectivity index is 2.09. The van der Waals surface area contributed by atoms with Crippen LogP contribution in [0.1, 0.15) is 37.6 Å². The van der Waals surface area contributed by atoms with E-state index in [0.29, 0.717) is 11.7 Å². The highest BCUT2D eigenvalue weighted by molar-refractivity contribution is 7.13. The van der Waals surface area contributed by atoms with Crippen molar-refractivity contribution in [3.05, 3.63) is 40.4 Å². The molecule has 4 heteroatoms. The Morgan fingerprint density at radius 1 is 1.32 bits per heavy atom. The molecule has 0 saturated heterocycles. The molecule has 0 aliphatic carbocycles. The van der Waals surface area contributed by atoms with Gasteiger partial charge in [0, 0.05) is 5.38 Å². The molecule has 1 aromatic carbocycles. The molecule has 1 aromatic heterocycles. The van der Waals surface area contributed by atoms with Crippen molar-refractivity contribution in [2.75, 3.05) is 5.73 Å². The van der Waals surface area contributed by atoms with Gasteiger partial charge in [0.2, 0.25) is 0 Å². The van der Waals surface area contributed by atoms with Crippen LogP contribution in [0.5, 0.6) is 5.75 Å². The fourth-order valence-electron chi connectivity index (χ4n) is 1.82. The quantitative estimate of drug-likeness (QED) is 0.924. The molecule has 0 fully saturated rings. The van der Waals surface area contributed by atoms with Gasteiger partial charge in [-0.15, -0.1) is 11.3 Å². The van der Waals surface area contributed by atoms with Crippen LogP contribution in [0.15, 0.2) is 23.6 Å². The number of benzene rings is 1. The van der Waals surface area contributed by atoms with Gasteiger partial charge in [-0.05, 0) is 29.5 Å². The number of nitrogens with zero attached hydrogens (tertiary/aromatic N) is 1. The summed E-state index contributed by atoms with van der Waals surface area (Å²) in [5.41, 5.74) is 9.10. The molecule has 0 saturated carbocycles. The van der Waals surface area contributed by atoms with Crippen LogP contribution in [-0.4, -0.2) is 4.98 Å². The summed E-state index contributed by atoms with van der Waals surface area (Å²) < 4.78 is 5.79. The first-order chi connectivity index (χ1) is 8.86. The second kappa shape index (κ2) is 5.21. The van der Waals surface area contributed by atoms with Crippen molar-refractivity contribution in [3.8, 4) is 5.75 Å². The Hall–Kier alpha value is -1.55. The molecule has 0 amide bonds. The highest BCUT2D eigenvalue weighted by Crippen LogP contribution is 2.28. The summed E-state index contributed by atoms with van der Waals surface area (Å²) in [6.07, 6.45) is 0. The van der Waals surface area contributed by atoms with Crippen LogP contribution in [0.25, 0.3) is 0 Å². The third-order valence-corrected chi connectivity index (χ3v) is 3.71. The molecule has 2 N–H and O–H groups in total. The van der Waals surface area contributed by atoms with Gasteiger partial charge in [-0.2, -0.15) is 0 Å². The van der Waals surface area contributed by atoms with E-state index in [1.165, 1.54) is 16.9 Å². The summed E-state index contributed by atoms with van der Waals surface area (Å²) in [5, 5.41) is 2.51. The first-order valence-corrected chi connectivity index (χ1v) is 7.18. The van der Waals surface area contributed by atoms with Crippen molar-refractivity contribution in [1.29, 1.82) is 0 Å². The number of thiazole rings is 1. The Labute approximate surface area is 118 Å². The maximum absolute atomic E-state index is 5.79. The smallest absolute Gasteiger partial charge is 0.180 e. The van der Waals surface area contributed by atoms with Gasteiger partial charge in [-0.25, -0.2) is 4.98 Å².